The SMILES string of the molecule is CC(C)(C)OC(=O)NCC(F)(F)C(=O)C1CC1. The van der Waals surface area contributed by atoms with Crippen LogP contribution in [0, 0.1) is 5.92 Å². The molecule has 0 aromatic heterocycles. The summed E-state index contributed by atoms with van der Waals surface area (Å²) in [6, 6.07) is 0. The Morgan fingerprint density at radius 1 is 1.29 bits per heavy atom. The Kier molecular flexibility index (Phi) is 3.74. The molecule has 4 nitrogen and oxygen atoms in total. The number of Topliss-reactive ketones (excluding diaryl/α,β-unsaturated/α-hetero) is 1. The lowest BCUT2D eigenvalue weighted by Crippen LogP contribution is -2.44. The lowest BCUT2D eigenvalue weighted by atomic mass is 10.1. The highest BCUT2D eigenvalue weighted by atomic mass is 19.3. The summed E-state index contributed by atoms with van der Waals surface area (Å²) in [5.74, 6) is -5.13. The second-order valence-electron chi connectivity index (χ2n) is 5.20. The van der Waals surface area contributed by atoms with Gasteiger partial charge in [-0.1, -0.05) is 0 Å². The van der Waals surface area contributed by atoms with Crippen molar-refractivity contribution < 1.29 is 23.1 Å². The van der Waals surface area contributed by atoms with Gasteiger partial charge in [0.25, 0.3) is 0 Å². The number of alkyl carbamates (subject to hydrolysis) is 1. The zero-order chi connectivity index (χ0) is 13.3. The van der Waals surface area contributed by atoms with Crippen LogP contribution in [-0.2, 0) is 9.53 Å². The maximum absolute atomic E-state index is 13.3. The minimum Gasteiger partial charge on any atom is -0.444 e. The Balaban J connectivity index is 2.38. The van der Waals surface area contributed by atoms with Crippen LogP contribution in [0.15, 0.2) is 0 Å². The van der Waals surface area contributed by atoms with E-state index in [4.69, 9.17) is 4.74 Å². The summed E-state index contributed by atoms with van der Waals surface area (Å²) < 4.78 is 31.4. The molecule has 1 amide bonds. The van der Waals surface area contributed by atoms with Gasteiger partial charge >= 0.3 is 12.0 Å². The highest BCUT2D eigenvalue weighted by Crippen LogP contribution is 2.35. The van der Waals surface area contributed by atoms with Crippen LogP contribution in [0.5, 0.6) is 0 Å². The summed E-state index contributed by atoms with van der Waals surface area (Å²) >= 11 is 0. The molecule has 6 heteroatoms. The molecule has 0 radical (unpaired) electrons. The first kappa shape index (κ1) is 13.9. The Morgan fingerprint density at radius 2 is 1.82 bits per heavy atom. The summed E-state index contributed by atoms with van der Waals surface area (Å²) in [5.41, 5.74) is -0.750. The van der Waals surface area contributed by atoms with Gasteiger partial charge in [-0.15, -0.1) is 0 Å². The van der Waals surface area contributed by atoms with Gasteiger partial charge in [-0.25, -0.2) is 4.79 Å². The molecular formula is C11H17F2NO3. The van der Waals surface area contributed by atoms with Crippen molar-refractivity contribution in [2.45, 2.75) is 45.1 Å². The van der Waals surface area contributed by atoms with Gasteiger partial charge in [0, 0.05) is 5.92 Å². The summed E-state index contributed by atoms with van der Waals surface area (Å²) in [7, 11) is 0. The zero-order valence-corrected chi connectivity index (χ0v) is 10.2. The number of hydrogen-bond acceptors (Lipinski definition) is 3. The number of alkyl halides is 2. The van der Waals surface area contributed by atoms with Gasteiger partial charge in [0.2, 0.25) is 5.78 Å². The molecule has 0 heterocycles. The average Bonchev–Trinajstić information content (AvgIpc) is 2.94. The second kappa shape index (κ2) is 4.58. The maximum Gasteiger partial charge on any atom is 0.407 e. The van der Waals surface area contributed by atoms with Gasteiger partial charge in [-0.05, 0) is 33.6 Å². The third-order valence-electron chi connectivity index (χ3n) is 2.16. The standard InChI is InChI=1S/C11H17F2NO3/c1-10(2,3)17-9(16)14-6-11(12,13)8(15)7-4-5-7/h7H,4-6H2,1-3H3,(H,14,16). The molecule has 1 saturated carbocycles. The highest BCUT2D eigenvalue weighted by Gasteiger charge is 2.47. The molecule has 1 fully saturated rings. The van der Waals surface area contributed by atoms with Gasteiger partial charge < -0.3 is 10.1 Å². The molecule has 1 aliphatic carbocycles. The molecule has 17 heavy (non-hydrogen) atoms. The molecule has 0 aromatic rings. The van der Waals surface area contributed by atoms with Crippen molar-refractivity contribution in [1.82, 2.24) is 5.32 Å². The monoisotopic (exact) mass is 249 g/mol. The minimum absolute atomic E-state index is 0.515. The quantitative estimate of drug-likeness (QED) is 0.830. The molecule has 0 aromatic carbocycles. The Labute approximate surface area is 98.7 Å². The van der Waals surface area contributed by atoms with Gasteiger partial charge in [0.15, 0.2) is 0 Å². The predicted molar refractivity (Wildman–Crippen MR) is 56.9 cm³/mol. The lowest BCUT2D eigenvalue weighted by molar-refractivity contribution is -0.143. The number of halogens is 2. The fourth-order valence-corrected chi connectivity index (χ4v) is 1.23. The number of carbonyl (C=O) groups excluding carboxylic acids is 2. The number of carbonyl (C=O) groups is 2. The first-order valence-electron chi connectivity index (χ1n) is 5.51. The summed E-state index contributed by atoms with van der Waals surface area (Å²) in [6.07, 6.45) is 0.0858. The lowest BCUT2D eigenvalue weighted by Gasteiger charge is -2.21. The molecule has 0 aliphatic heterocycles. The molecule has 0 saturated heterocycles. The topological polar surface area (TPSA) is 55.4 Å². The summed E-state index contributed by atoms with van der Waals surface area (Å²) in [5, 5.41) is 1.91. The minimum atomic E-state index is -3.50. The number of ketones is 1. The van der Waals surface area contributed by atoms with Crippen molar-refractivity contribution >= 4 is 11.9 Å². The van der Waals surface area contributed by atoms with Crippen LogP contribution in [0.2, 0.25) is 0 Å². The van der Waals surface area contributed by atoms with E-state index in [1.807, 2.05) is 5.32 Å². The number of ether oxygens (including phenoxy) is 1. The van der Waals surface area contributed by atoms with Crippen LogP contribution in [0.4, 0.5) is 13.6 Å². The van der Waals surface area contributed by atoms with Crippen molar-refractivity contribution in [2.75, 3.05) is 6.54 Å². The molecule has 0 atom stereocenters. The first-order chi connectivity index (χ1) is 7.62. The van der Waals surface area contributed by atoms with Crippen molar-refractivity contribution in [2.24, 2.45) is 5.92 Å². The van der Waals surface area contributed by atoms with Crippen molar-refractivity contribution in [3.8, 4) is 0 Å². The van der Waals surface area contributed by atoms with Crippen molar-refractivity contribution in [1.29, 1.82) is 0 Å². The third kappa shape index (κ3) is 4.66. The van der Waals surface area contributed by atoms with Crippen molar-refractivity contribution in [3.63, 3.8) is 0 Å². The van der Waals surface area contributed by atoms with E-state index >= 15 is 0 Å². The van der Waals surface area contributed by atoms with E-state index in [-0.39, 0.29) is 0 Å². The van der Waals surface area contributed by atoms with Crippen LogP contribution in [0.25, 0.3) is 0 Å². The Morgan fingerprint density at radius 3 is 2.24 bits per heavy atom. The van der Waals surface area contributed by atoms with Crippen LogP contribution < -0.4 is 5.32 Å². The van der Waals surface area contributed by atoms with Crippen molar-refractivity contribution in [3.05, 3.63) is 0 Å². The van der Waals surface area contributed by atoms with Gasteiger partial charge in [-0.3, -0.25) is 4.79 Å². The maximum atomic E-state index is 13.3. The average molecular weight is 249 g/mol. The van der Waals surface area contributed by atoms with E-state index < -0.39 is 35.9 Å². The molecule has 1 rings (SSSR count). The van der Waals surface area contributed by atoms with Crippen LogP contribution >= 0.6 is 0 Å². The van der Waals surface area contributed by atoms with Gasteiger partial charge in [0.1, 0.15) is 5.60 Å². The highest BCUT2D eigenvalue weighted by molar-refractivity contribution is 5.90. The van der Waals surface area contributed by atoms with Crippen LogP contribution in [-0.4, -0.2) is 29.9 Å². The first-order valence-corrected chi connectivity index (χ1v) is 5.51. The molecule has 98 valence electrons. The molecular weight excluding hydrogens is 232 g/mol. The normalized spacial score (nSPS) is 16.5. The van der Waals surface area contributed by atoms with E-state index in [1.165, 1.54) is 0 Å². The number of nitrogens with one attached hydrogen (secondary N) is 1. The molecule has 0 unspecified atom stereocenters. The van der Waals surface area contributed by atoms with Crippen LogP contribution in [0.1, 0.15) is 33.6 Å². The fraction of sp³-hybridized carbons (Fsp3) is 0.818. The molecule has 0 spiro atoms. The second-order valence-corrected chi connectivity index (χ2v) is 5.20. The summed E-state index contributed by atoms with van der Waals surface area (Å²) in [6.45, 7) is 3.87. The van der Waals surface area contributed by atoms with E-state index in [0.717, 1.165) is 0 Å². The molecule has 1 aliphatic rings. The summed E-state index contributed by atoms with van der Waals surface area (Å²) in [4.78, 5) is 22.3. The van der Waals surface area contributed by atoms with E-state index in [0.29, 0.717) is 12.8 Å². The Bertz CT molecular complexity index is 319. The van der Waals surface area contributed by atoms with E-state index in [9.17, 15) is 18.4 Å². The molecule has 0 bridgehead atoms. The fourth-order valence-electron chi connectivity index (χ4n) is 1.23. The number of rotatable bonds is 4. The van der Waals surface area contributed by atoms with Gasteiger partial charge in [-0.2, -0.15) is 8.78 Å². The van der Waals surface area contributed by atoms with Gasteiger partial charge in [0.05, 0.1) is 6.54 Å². The largest absolute Gasteiger partial charge is 0.444 e. The predicted octanol–water partition coefficient (Wildman–Crippen LogP) is 2.13. The number of hydrogen-bond donors (Lipinski definition) is 1. The number of amides is 1. The molecule has 1 N–H and O–H groups in total. The van der Waals surface area contributed by atoms with E-state index in [2.05, 4.69) is 0 Å². The smallest absolute Gasteiger partial charge is 0.407 e. The van der Waals surface area contributed by atoms with Crippen LogP contribution in [0.3, 0.4) is 0 Å². The third-order valence-corrected chi connectivity index (χ3v) is 2.16. The van der Waals surface area contributed by atoms with E-state index in [1.54, 1.807) is 20.8 Å². The Hall–Kier alpha value is -1.20. The zero-order valence-electron chi connectivity index (χ0n) is 10.2.